The lowest BCUT2D eigenvalue weighted by atomic mass is 10.1. The van der Waals surface area contributed by atoms with E-state index in [2.05, 4.69) is 15.6 Å². The van der Waals surface area contributed by atoms with Gasteiger partial charge in [-0.2, -0.15) is 0 Å². The average molecular weight is 433 g/mol. The Bertz CT molecular complexity index is 1250. The fourth-order valence-corrected chi connectivity index (χ4v) is 3.70. The molecule has 0 bridgehead atoms. The van der Waals surface area contributed by atoms with Gasteiger partial charge in [0.1, 0.15) is 5.75 Å². The molecule has 0 radical (unpaired) electrons. The number of thioether (sulfide) groups is 1. The highest BCUT2D eigenvalue weighted by Gasteiger charge is 2.16. The number of benzene rings is 2. The van der Waals surface area contributed by atoms with E-state index in [1.54, 1.807) is 30.3 Å². The molecule has 2 aromatic carbocycles. The third-order valence-corrected chi connectivity index (χ3v) is 5.38. The molecular weight excluding hydrogens is 412 g/mol. The van der Waals surface area contributed by atoms with Gasteiger partial charge in [0.05, 0.1) is 11.1 Å². The predicted octanol–water partition coefficient (Wildman–Crippen LogP) is 3.94. The second kappa shape index (κ2) is 8.93. The van der Waals surface area contributed by atoms with Crippen LogP contribution in [0.5, 0.6) is 5.75 Å². The molecule has 0 aliphatic heterocycles. The number of imidazole rings is 1. The highest BCUT2D eigenvalue weighted by Crippen LogP contribution is 2.20. The SMILES string of the molecule is CSc1nc(C(=O)NCc2ccc(NC(=O)c3ccccc3O)cc2)c2ccccn12. The molecule has 8 heteroatoms. The van der Waals surface area contributed by atoms with Crippen LogP contribution < -0.4 is 10.6 Å². The highest BCUT2D eigenvalue weighted by molar-refractivity contribution is 7.98. The van der Waals surface area contributed by atoms with E-state index in [1.165, 1.54) is 17.8 Å². The van der Waals surface area contributed by atoms with Crippen LogP contribution in [0.3, 0.4) is 0 Å². The van der Waals surface area contributed by atoms with Crippen LogP contribution in [0.1, 0.15) is 26.4 Å². The first kappa shape index (κ1) is 20.5. The number of hydrogen-bond donors (Lipinski definition) is 3. The lowest BCUT2D eigenvalue weighted by Crippen LogP contribution is -2.23. The second-order valence-electron chi connectivity index (χ2n) is 6.75. The summed E-state index contributed by atoms with van der Waals surface area (Å²) in [5, 5.41) is 16.2. The number of pyridine rings is 1. The molecule has 0 spiro atoms. The molecule has 2 heterocycles. The van der Waals surface area contributed by atoms with Gasteiger partial charge < -0.3 is 15.7 Å². The number of carbonyl (C=O) groups excluding carboxylic acids is 2. The molecule has 0 saturated heterocycles. The maximum absolute atomic E-state index is 12.7. The number of carbonyl (C=O) groups is 2. The van der Waals surface area contributed by atoms with Crippen molar-refractivity contribution in [2.45, 2.75) is 11.7 Å². The summed E-state index contributed by atoms with van der Waals surface area (Å²) < 4.78 is 1.89. The van der Waals surface area contributed by atoms with Crippen molar-refractivity contribution in [2.24, 2.45) is 0 Å². The van der Waals surface area contributed by atoms with Crippen LogP contribution in [0.25, 0.3) is 5.52 Å². The summed E-state index contributed by atoms with van der Waals surface area (Å²) >= 11 is 1.48. The number of aromatic hydroxyl groups is 1. The molecular formula is C23H20N4O3S. The number of fused-ring (bicyclic) bond motifs is 1. The van der Waals surface area contributed by atoms with Crippen LogP contribution in [0, 0.1) is 0 Å². The van der Waals surface area contributed by atoms with E-state index in [0.717, 1.165) is 16.2 Å². The molecule has 0 aliphatic carbocycles. The van der Waals surface area contributed by atoms with Crippen LogP contribution >= 0.6 is 11.8 Å². The van der Waals surface area contributed by atoms with Crippen molar-refractivity contribution >= 4 is 34.8 Å². The van der Waals surface area contributed by atoms with E-state index in [4.69, 9.17) is 0 Å². The van der Waals surface area contributed by atoms with Gasteiger partial charge in [0.25, 0.3) is 11.8 Å². The maximum atomic E-state index is 12.7. The van der Waals surface area contributed by atoms with Crippen LogP contribution in [0.2, 0.25) is 0 Å². The predicted molar refractivity (Wildman–Crippen MR) is 121 cm³/mol. The standard InChI is InChI=1S/C23H20N4O3S/c1-31-23-26-20(18-7-4-5-13-27(18)23)22(30)24-14-15-9-11-16(12-10-15)25-21(29)17-6-2-3-8-19(17)28/h2-13,28H,14H2,1H3,(H,24,30)(H,25,29). The van der Waals surface area contributed by atoms with Gasteiger partial charge >= 0.3 is 0 Å². The molecule has 31 heavy (non-hydrogen) atoms. The highest BCUT2D eigenvalue weighted by atomic mass is 32.2. The number of amides is 2. The number of aromatic nitrogens is 2. The van der Waals surface area contributed by atoms with Gasteiger partial charge in [-0.1, -0.05) is 42.1 Å². The summed E-state index contributed by atoms with van der Waals surface area (Å²) in [7, 11) is 0. The summed E-state index contributed by atoms with van der Waals surface area (Å²) in [6.07, 6.45) is 3.80. The van der Waals surface area contributed by atoms with Crippen molar-refractivity contribution in [1.82, 2.24) is 14.7 Å². The number of para-hydroxylation sites is 1. The Balaban J connectivity index is 1.40. The summed E-state index contributed by atoms with van der Waals surface area (Å²) in [6, 6.07) is 19.1. The van der Waals surface area contributed by atoms with E-state index < -0.39 is 5.91 Å². The number of anilines is 1. The van der Waals surface area contributed by atoms with E-state index >= 15 is 0 Å². The van der Waals surface area contributed by atoms with Gasteiger partial charge in [-0.25, -0.2) is 4.98 Å². The molecule has 7 nitrogen and oxygen atoms in total. The molecule has 3 N–H and O–H groups in total. The zero-order chi connectivity index (χ0) is 21.8. The lowest BCUT2D eigenvalue weighted by Gasteiger charge is -2.08. The van der Waals surface area contributed by atoms with E-state index in [9.17, 15) is 14.7 Å². The van der Waals surface area contributed by atoms with Gasteiger partial charge in [-0.3, -0.25) is 14.0 Å². The van der Waals surface area contributed by atoms with Gasteiger partial charge in [-0.05, 0) is 48.2 Å². The number of nitrogens with one attached hydrogen (secondary N) is 2. The number of phenolic OH excluding ortho intramolecular Hbond substituents is 1. The lowest BCUT2D eigenvalue weighted by molar-refractivity contribution is 0.0947. The van der Waals surface area contributed by atoms with Gasteiger partial charge in [-0.15, -0.1) is 0 Å². The smallest absolute Gasteiger partial charge is 0.272 e. The minimum absolute atomic E-state index is 0.0734. The molecule has 156 valence electrons. The summed E-state index contributed by atoms with van der Waals surface area (Å²) in [5.41, 5.74) is 2.81. The molecule has 0 atom stereocenters. The van der Waals surface area contributed by atoms with Crippen molar-refractivity contribution in [2.75, 3.05) is 11.6 Å². The molecule has 4 aromatic rings. The Kier molecular flexibility index (Phi) is 5.90. The maximum Gasteiger partial charge on any atom is 0.272 e. The first-order valence-corrected chi connectivity index (χ1v) is 10.8. The Labute approximate surface area is 183 Å². The molecule has 2 amide bonds. The molecule has 0 unspecified atom stereocenters. The quantitative estimate of drug-likeness (QED) is 0.401. The van der Waals surface area contributed by atoms with E-state index in [-0.39, 0.29) is 17.2 Å². The third kappa shape index (κ3) is 4.39. The minimum atomic E-state index is -0.393. The minimum Gasteiger partial charge on any atom is -0.507 e. The molecule has 0 saturated carbocycles. The summed E-state index contributed by atoms with van der Waals surface area (Å²) in [6.45, 7) is 0.326. The third-order valence-electron chi connectivity index (χ3n) is 4.73. The molecule has 0 aliphatic rings. The fraction of sp³-hybridized carbons (Fsp3) is 0.0870. The van der Waals surface area contributed by atoms with Crippen molar-refractivity contribution in [3.63, 3.8) is 0 Å². The van der Waals surface area contributed by atoms with Crippen molar-refractivity contribution in [3.05, 3.63) is 89.7 Å². The van der Waals surface area contributed by atoms with Gasteiger partial charge in [0.2, 0.25) is 0 Å². The normalized spacial score (nSPS) is 10.7. The Hall–Kier alpha value is -3.78. The molecule has 4 rings (SSSR count). The number of phenols is 1. The summed E-state index contributed by atoms with van der Waals surface area (Å²) in [5.74, 6) is -0.716. The Morgan fingerprint density at radius 3 is 2.48 bits per heavy atom. The van der Waals surface area contributed by atoms with Crippen molar-refractivity contribution in [1.29, 1.82) is 0 Å². The van der Waals surface area contributed by atoms with E-state index in [0.29, 0.717) is 17.9 Å². The van der Waals surface area contributed by atoms with E-state index in [1.807, 2.05) is 47.2 Å². The van der Waals surface area contributed by atoms with Crippen LogP contribution in [-0.4, -0.2) is 32.6 Å². The van der Waals surface area contributed by atoms with Crippen LogP contribution in [0.4, 0.5) is 5.69 Å². The van der Waals surface area contributed by atoms with Crippen LogP contribution in [0.15, 0.2) is 78.1 Å². The zero-order valence-corrected chi connectivity index (χ0v) is 17.5. The molecule has 0 fully saturated rings. The Morgan fingerprint density at radius 1 is 1.00 bits per heavy atom. The van der Waals surface area contributed by atoms with Gasteiger partial charge in [0, 0.05) is 18.4 Å². The van der Waals surface area contributed by atoms with Crippen LogP contribution in [-0.2, 0) is 6.54 Å². The van der Waals surface area contributed by atoms with Gasteiger partial charge in [0.15, 0.2) is 10.9 Å². The zero-order valence-electron chi connectivity index (χ0n) is 16.7. The topological polar surface area (TPSA) is 95.7 Å². The molecule has 2 aromatic heterocycles. The first-order valence-electron chi connectivity index (χ1n) is 9.54. The fourth-order valence-electron chi connectivity index (χ4n) is 3.16. The summed E-state index contributed by atoms with van der Waals surface area (Å²) in [4.78, 5) is 29.4. The number of hydrogen-bond acceptors (Lipinski definition) is 5. The average Bonchev–Trinajstić information content (AvgIpc) is 3.17. The number of nitrogens with zero attached hydrogens (tertiary/aromatic N) is 2. The van der Waals surface area contributed by atoms with Crippen molar-refractivity contribution in [3.8, 4) is 5.75 Å². The first-order chi connectivity index (χ1) is 15.1. The Morgan fingerprint density at radius 2 is 1.74 bits per heavy atom. The second-order valence-corrected chi connectivity index (χ2v) is 7.53. The van der Waals surface area contributed by atoms with Crippen molar-refractivity contribution < 1.29 is 14.7 Å². The number of rotatable bonds is 6. The largest absolute Gasteiger partial charge is 0.507 e. The monoisotopic (exact) mass is 432 g/mol.